The normalized spacial score (nSPS) is 15.4. The summed E-state index contributed by atoms with van der Waals surface area (Å²) in [6.45, 7) is 6.17. The number of benzene rings is 1. The number of piperidine rings is 1. The number of amides is 3. The van der Waals surface area contributed by atoms with Gasteiger partial charge in [-0.05, 0) is 62.2 Å². The second kappa shape index (κ2) is 16.6. The van der Waals surface area contributed by atoms with Crippen LogP contribution in [0.1, 0.15) is 40.1 Å². The molecule has 3 heterocycles. The van der Waals surface area contributed by atoms with Gasteiger partial charge in [0.2, 0.25) is 0 Å². The number of fused-ring (bicyclic) bond motifs is 1. The number of rotatable bonds is 6. The fourth-order valence-corrected chi connectivity index (χ4v) is 5.68. The Labute approximate surface area is 261 Å². The number of carboxylic acids is 2. The minimum Gasteiger partial charge on any atom is -0.475 e. The monoisotopic (exact) mass is 689 g/mol. The first-order valence-electron chi connectivity index (χ1n) is 13.2. The van der Waals surface area contributed by atoms with Gasteiger partial charge in [-0.1, -0.05) is 18.0 Å². The highest BCUT2D eigenvalue weighted by Crippen LogP contribution is 2.37. The largest absolute Gasteiger partial charge is 0.490 e. The molecule has 0 aliphatic carbocycles. The molecular weight excluding hydrogens is 660 g/mol. The molecule has 11 nitrogen and oxygen atoms in total. The predicted molar refractivity (Wildman–Crippen MR) is 154 cm³/mol. The van der Waals surface area contributed by atoms with Crippen molar-refractivity contribution in [2.24, 2.45) is 5.73 Å². The zero-order valence-corrected chi connectivity index (χ0v) is 25.0. The highest BCUT2D eigenvalue weighted by molar-refractivity contribution is 7.17. The topological polar surface area (TPSA) is 165 Å². The van der Waals surface area contributed by atoms with Gasteiger partial charge in [0.05, 0.1) is 5.56 Å². The van der Waals surface area contributed by atoms with Crippen LogP contribution in [0.3, 0.4) is 0 Å². The Balaban J connectivity index is 0.000000421. The van der Waals surface area contributed by atoms with Crippen LogP contribution in [0.2, 0.25) is 5.02 Å². The van der Waals surface area contributed by atoms with E-state index in [4.69, 9.17) is 37.1 Å². The van der Waals surface area contributed by atoms with Crippen LogP contribution in [0.4, 0.5) is 41.8 Å². The number of nitrogens with zero attached hydrogens (tertiary/aromatic N) is 2. The number of carboxylic acid groups (broad SMARTS) is 2. The zero-order chi connectivity index (χ0) is 33.9. The molecule has 1 saturated heterocycles. The lowest BCUT2D eigenvalue weighted by Gasteiger charge is -2.31. The molecule has 45 heavy (non-hydrogen) atoms. The number of halogens is 7. The van der Waals surface area contributed by atoms with E-state index in [2.05, 4.69) is 20.4 Å². The molecule has 0 unspecified atom stereocenters. The molecule has 1 fully saturated rings. The Morgan fingerprint density at radius 1 is 0.844 bits per heavy atom. The maximum Gasteiger partial charge on any atom is 0.490 e. The van der Waals surface area contributed by atoms with E-state index < -0.39 is 36.2 Å². The van der Waals surface area contributed by atoms with E-state index in [0.717, 1.165) is 43.0 Å². The van der Waals surface area contributed by atoms with Crippen molar-refractivity contribution in [2.45, 2.75) is 44.6 Å². The number of hydrogen-bond donors (Lipinski definition) is 5. The summed E-state index contributed by atoms with van der Waals surface area (Å²) in [5.74, 6) is -6.01. The number of likely N-dealkylation sites (tertiary alicyclic amines) is 1. The van der Waals surface area contributed by atoms with Gasteiger partial charge in [0.1, 0.15) is 5.00 Å². The highest BCUT2D eigenvalue weighted by Gasteiger charge is 2.39. The van der Waals surface area contributed by atoms with Gasteiger partial charge in [-0.15, -0.1) is 11.3 Å². The van der Waals surface area contributed by atoms with Crippen molar-refractivity contribution in [2.75, 3.05) is 43.4 Å². The number of urea groups is 1. The second-order valence-corrected chi connectivity index (χ2v) is 11.2. The SMILES string of the molecule is NC(=O)c1c(NC(=O)Nc2ccc(Cl)cc2)sc2c1CCN(CCN1CCCCC1)C2.O=C(O)C(F)(F)F.O=C(O)C(F)(F)F. The number of aliphatic carboxylic acids is 2. The first kappa shape index (κ1) is 37.6. The average molecular weight is 690 g/mol. The summed E-state index contributed by atoms with van der Waals surface area (Å²) in [6, 6.07) is 6.43. The van der Waals surface area contributed by atoms with Gasteiger partial charge >= 0.3 is 30.3 Å². The van der Waals surface area contributed by atoms with Crippen molar-refractivity contribution in [3.63, 3.8) is 0 Å². The van der Waals surface area contributed by atoms with Crippen LogP contribution in [-0.2, 0) is 22.6 Å². The van der Waals surface area contributed by atoms with E-state index in [0.29, 0.717) is 21.3 Å². The minimum atomic E-state index is -5.08. The summed E-state index contributed by atoms with van der Waals surface area (Å²) in [6.07, 6.45) is -5.46. The smallest absolute Gasteiger partial charge is 0.475 e. The van der Waals surface area contributed by atoms with Gasteiger partial charge in [-0.25, -0.2) is 14.4 Å². The number of nitrogens with two attached hydrogens (primary N) is 1. The first-order valence-corrected chi connectivity index (χ1v) is 14.4. The van der Waals surface area contributed by atoms with Gasteiger partial charge in [0, 0.05) is 41.8 Å². The van der Waals surface area contributed by atoms with Crippen molar-refractivity contribution in [1.82, 2.24) is 9.80 Å². The molecule has 4 rings (SSSR count). The van der Waals surface area contributed by atoms with Gasteiger partial charge in [-0.3, -0.25) is 15.0 Å². The Bertz CT molecular complexity index is 1310. The molecule has 0 bridgehead atoms. The maximum atomic E-state index is 12.5. The van der Waals surface area contributed by atoms with Crippen LogP contribution in [0.15, 0.2) is 24.3 Å². The van der Waals surface area contributed by atoms with Gasteiger partial charge in [0.25, 0.3) is 5.91 Å². The van der Waals surface area contributed by atoms with Crippen LogP contribution >= 0.6 is 22.9 Å². The summed E-state index contributed by atoms with van der Waals surface area (Å²) >= 11 is 7.33. The second-order valence-electron chi connectivity index (χ2n) is 9.69. The van der Waals surface area contributed by atoms with Gasteiger partial charge in [-0.2, -0.15) is 26.3 Å². The van der Waals surface area contributed by atoms with Gasteiger partial charge < -0.3 is 26.2 Å². The number of nitrogens with one attached hydrogen (secondary N) is 2. The Hall–Kier alpha value is -3.61. The van der Waals surface area contributed by atoms with Crippen molar-refractivity contribution in [3.8, 4) is 0 Å². The Morgan fingerprint density at radius 3 is 1.84 bits per heavy atom. The van der Waals surface area contributed by atoms with Crippen LogP contribution in [0.25, 0.3) is 0 Å². The maximum absolute atomic E-state index is 12.5. The van der Waals surface area contributed by atoms with E-state index in [1.807, 2.05) is 0 Å². The highest BCUT2D eigenvalue weighted by atomic mass is 35.5. The van der Waals surface area contributed by atoms with E-state index in [1.165, 1.54) is 43.7 Å². The summed E-state index contributed by atoms with van der Waals surface area (Å²) < 4.78 is 63.5. The fraction of sp³-hybridized carbons (Fsp3) is 0.462. The quantitative estimate of drug-likeness (QED) is 0.257. The van der Waals surface area contributed by atoms with Crippen molar-refractivity contribution in [1.29, 1.82) is 0 Å². The first-order chi connectivity index (χ1) is 20.9. The lowest BCUT2D eigenvalue weighted by atomic mass is 10.0. The van der Waals surface area contributed by atoms with Crippen LogP contribution in [0, 0.1) is 0 Å². The lowest BCUT2D eigenvalue weighted by molar-refractivity contribution is -0.193. The summed E-state index contributed by atoms with van der Waals surface area (Å²) in [5, 5.41) is 20.9. The molecule has 0 saturated carbocycles. The third kappa shape index (κ3) is 12.7. The van der Waals surface area contributed by atoms with E-state index in [-0.39, 0.29) is 0 Å². The van der Waals surface area contributed by atoms with E-state index in [1.54, 1.807) is 24.3 Å². The molecule has 250 valence electrons. The number of anilines is 2. The molecule has 0 spiro atoms. The Morgan fingerprint density at radius 2 is 1.36 bits per heavy atom. The van der Waals surface area contributed by atoms with Crippen molar-refractivity contribution < 1.29 is 55.7 Å². The number of primary amides is 1. The molecule has 2 aliphatic rings. The summed E-state index contributed by atoms with van der Waals surface area (Å²) in [5.41, 5.74) is 7.72. The Kier molecular flexibility index (Phi) is 13.9. The van der Waals surface area contributed by atoms with Gasteiger partial charge in [0.15, 0.2) is 0 Å². The molecule has 1 aromatic carbocycles. The standard InChI is InChI=1S/C22H28ClN5O2S.2C2HF3O2/c23-15-4-6-16(7-5-15)25-22(30)26-21-19(20(24)29)17-8-11-28(14-18(17)31-21)13-12-27-9-2-1-3-10-27;2*3-2(4,5)1(6)7/h4-7H,1-3,8-14H2,(H2,24,29)(H2,25,26,30);2*(H,6,7). The summed E-state index contributed by atoms with van der Waals surface area (Å²) in [4.78, 5) is 48.5. The molecule has 3 amide bonds. The number of alkyl halides is 6. The molecule has 6 N–H and O–H groups in total. The minimum absolute atomic E-state index is 0.412. The fourth-order valence-electron chi connectivity index (χ4n) is 4.26. The molecule has 0 atom stereocenters. The van der Waals surface area contributed by atoms with Crippen molar-refractivity contribution in [3.05, 3.63) is 45.3 Å². The third-order valence-electron chi connectivity index (χ3n) is 6.38. The molecule has 19 heteroatoms. The van der Waals surface area contributed by atoms with Crippen LogP contribution < -0.4 is 16.4 Å². The number of carbonyl (C=O) groups is 4. The van der Waals surface area contributed by atoms with E-state index >= 15 is 0 Å². The van der Waals surface area contributed by atoms with Crippen molar-refractivity contribution >= 4 is 57.5 Å². The van der Waals surface area contributed by atoms with Crippen LogP contribution in [-0.4, -0.2) is 89.0 Å². The number of hydrogen-bond acceptors (Lipinski definition) is 7. The van der Waals surface area contributed by atoms with E-state index in [9.17, 15) is 35.9 Å². The average Bonchev–Trinajstić information content (AvgIpc) is 3.30. The molecule has 2 aromatic rings. The molecule has 0 radical (unpaired) electrons. The number of thiophene rings is 1. The molecular formula is C26H30ClF6N5O6S. The number of carbonyl (C=O) groups excluding carboxylic acids is 2. The predicted octanol–water partition coefficient (Wildman–Crippen LogP) is 5.26. The zero-order valence-electron chi connectivity index (χ0n) is 23.4. The molecule has 1 aromatic heterocycles. The molecule has 2 aliphatic heterocycles. The lowest BCUT2D eigenvalue weighted by Crippen LogP contribution is -2.39. The third-order valence-corrected chi connectivity index (χ3v) is 7.76. The summed E-state index contributed by atoms with van der Waals surface area (Å²) in [7, 11) is 0. The van der Waals surface area contributed by atoms with Crippen LogP contribution in [0.5, 0.6) is 0 Å².